The van der Waals surface area contributed by atoms with Crippen molar-refractivity contribution in [2.45, 2.75) is 19.8 Å². The van der Waals surface area contributed by atoms with Crippen LogP contribution in [0.5, 0.6) is 0 Å². The third kappa shape index (κ3) is 2.83. The maximum Gasteiger partial charge on any atom is 0.276 e. The van der Waals surface area contributed by atoms with Crippen LogP contribution in [0.1, 0.15) is 18.9 Å². The van der Waals surface area contributed by atoms with Crippen molar-refractivity contribution in [1.82, 2.24) is 9.97 Å². The molecule has 0 amide bonds. The molecule has 0 aliphatic heterocycles. The monoisotopic (exact) mass is 337 g/mol. The fourth-order valence-electron chi connectivity index (χ4n) is 1.99. The molecule has 2 rings (SSSR count). The molecular weight excluding hydrogens is 322 g/mol. The van der Waals surface area contributed by atoms with E-state index in [0.29, 0.717) is 5.82 Å². The van der Waals surface area contributed by atoms with E-state index in [0.717, 1.165) is 28.4 Å². The van der Waals surface area contributed by atoms with Crippen molar-refractivity contribution in [3.8, 4) is 11.4 Å². The maximum atomic E-state index is 11.8. The molecule has 0 aliphatic rings. The number of anilines is 2. The number of nitrogens with zero attached hydrogens (tertiary/aromatic N) is 1. The van der Waals surface area contributed by atoms with E-state index in [4.69, 9.17) is 11.6 Å². The second-order valence-corrected chi connectivity index (χ2v) is 5.29. The number of hydrazine groups is 1. The van der Waals surface area contributed by atoms with Crippen LogP contribution < -0.4 is 22.6 Å². The normalized spacial score (nSPS) is 10.6. The maximum absolute atomic E-state index is 11.8. The van der Waals surface area contributed by atoms with Crippen LogP contribution in [0.2, 0.25) is 0 Å². The van der Waals surface area contributed by atoms with Gasteiger partial charge in [-0.2, -0.15) is 0 Å². The van der Waals surface area contributed by atoms with Crippen LogP contribution in [0.3, 0.4) is 0 Å². The van der Waals surface area contributed by atoms with Gasteiger partial charge in [0.25, 0.3) is 5.56 Å². The molecule has 0 aliphatic carbocycles. The molecule has 0 atom stereocenters. The molecule has 6 N–H and O–H groups in total. The van der Waals surface area contributed by atoms with Crippen molar-refractivity contribution >= 4 is 27.4 Å². The van der Waals surface area contributed by atoms with Gasteiger partial charge in [0.1, 0.15) is 11.5 Å². The lowest BCUT2D eigenvalue weighted by Crippen LogP contribution is -2.20. The van der Waals surface area contributed by atoms with Gasteiger partial charge in [0.05, 0.1) is 0 Å². The Morgan fingerprint density at radius 2 is 2.20 bits per heavy atom. The van der Waals surface area contributed by atoms with Gasteiger partial charge in [-0.3, -0.25) is 4.79 Å². The van der Waals surface area contributed by atoms with Gasteiger partial charge in [0, 0.05) is 10.0 Å². The number of benzene rings is 1. The van der Waals surface area contributed by atoms with Gasteiger partial charge in [0.2, 0.25) is 0 Å². The summed E-state index contributed by atoms with van der Waals surface area (Å²) in [6.45, 7) is 2.09. The number of halogens is 1. The first-order chi connectivity index (χ1) is 9.56. The van der Waals surface area contributed by atoms with E-state index in [1.54, 1.807) is 0 Å². The van der Waals surface area contributed by atoms with Crippen LogP contribution in [0, 0.1) is 0 Å². The Labute approximate surface area is 124 Å². The quantitative estimate of drug-likeness (QED) is 0.504. The number of hydrogen-bond acceptors (Lipinski definition) is 5. The largest absolute Gasteiger partial charge is 0.391 e. The van der Waals surface area contributed by atoms with Crippen molar-refractivity contribution in [3.63, 3.8) is 0 Å². The minimum absolute atomic E-state index is 0.0228. The highest BCUT2D eigenvalue weighted by molar-refractivity contribution is 9.10. The van der Waals surface area contributed by atoms with Crippen LogP contribution in [0.15, 0.2) is 27.5 Å². The van der Waals surface area contributed by atoms with Gasteiger partial charge in [-0.05, 0) is 30.2 Å². The van der Waals surface area contributed by atoms with E-state index in [9.17, 15) is 4.79 Å². The molecule has 0 unspecified atom stereocenters. The van der Waals surface area contributed by atoms with Crippen LogP contribution in [0.25, 0.3) is 11.4 Å². The fraction of sp³-hybridized carbons (Fsp3) is 0.231. The van der Waals surface area contributed by atoms with Gasteiger partial charge in [0.15, 0.2) is 5.82 Å². The summed E-state index contributed by atoms with van der Waals surface area (Å²) >= 11 is 3.45. The number of nitrogen functional groups attached to an aromatic ring is 2. The molecule has 20 heavy (non-hydrogen) atoms. The Kier molecular flexibility index (Phi) is 4.41. The standard InChI is InChI=1S/C13H16BrN5O/c1-2-3-7-6-8(14)4-5-9(7)11-17-12(19-16)10(15)13(20)18-11/h4-6H,2-3,15-16H2,1H3,(H2,17,18,19,20). The number of H-pyrrole nitrogens is 1. The molecule has 7 heteroatoms. The number of hydrogen-bond donors (Lipinski definition) is 4. The summed E-state index contributed by atoms with van der Waals surface area (Å²) in [7, 11) is 0. The lowest BCUT2D eigenvalue weighted by molar-refractivity contribution is 0.919. The van der Waals surface area contributed by atoms with Crippen LogP contribution in [0.4, 0.5) is 11.5 Å². The predicted octanol–water partition coefficient (Wildman–Crippen LogP) is 2.02. The van der Waals surface area contributed by atoms with E-state index in [-0.39, 0.29) is 11.5 Å². The second-order valence-electron chi connectivity index (χ2n) is 4.37. The average molecular weight is 338 g/mol. The van der Waals surface area contributed by atoms with Crippen molar-refractivity contribution in [2.24, 2.45) is 5.84 Å². The molecule has 0 saturated heterocycles. The first-order valence-corrected chi connectivity index (χ1v) is 7.01. The van der Waals surface area contributed by atoms with Crippen molar-refractivity contribution in [1.29, 1.82) is 0 Å². The summed E-state index contributed by atoms with van der Waals surface area (Å²) in [5.41, 5.74) is 9.48. The lowest BCUT2D eigenvalue weighted by Gasteiger charge is -2.11. The number of aromatic amines is 1. The minimum atomic E-state index is -0.409. The minimum Gasteiger partial charge on any atom is -0.391 e. The first kappa shape index (κ1) is 14.5. The van der Waals surface area contributed by atoms with E-state index < -0.39 is 5.56 Å². The molecule has 2 aromatic rings. The molecule has 6 nitrogen and oxygen atoms in total. The van der Waals surface area contributed by atoms with Crippen molar-refractivity contribution in [3.05, 3.63) is 38.6 Å². The number of nitrogens with two attached hydrogens (primary N) is 2. The Bertz CT molecular complexity index is 683. The Hall–Kier alpha value is -1.86. The SMILES string of the molecule is CCCc1cc(Br)ccc1-c1nc(NN)c(N)c(=O)[nH]1. The molecule has 0 saturated carbocycles. The molecule has 0 radical (unpaired) electrons. The molecule has 106 valence electrons. The van der Waals surface area contributed by atoms with Crippen LogP contribution in [-0.2, 0) is 6.42 Å². The van der Waals surface area contributed by atoms with E-state index in [1.165, 1.54) is 0 Å². The van der Waals surface area contributed by atoms with Gasteiger partial charge in [-0.15, -0.1) is 0 Å². The lowest BCUT2D eigenvalue weighted by atomic mass is 10.0. The van der Waals surface area contributed by atoms with Crippen molar-refractivity contribution < 1.29 is 0 Å². The number of aryl methyl sites for hydroxylation is 1. The number of aromatic nitrogens is 2. The highest BCUT2D eigenvalue weighted by atomic mass is 79.9. The molecular formula is C13H16BrN5O. The third-order valence-corrected chi connectivity index (χ3v) is 3.43. The molecule has 0 fully saturated rings. The summed E-state index contributed by atoms with van der Waals surface area (Å²) < 4.78 is 0.986. The highest BCUT2D eigenvalue weighted by Gasteiger charge is 2.12. The van der Waals surface area contributed by atoms with Crippen LogP contribution >= 0.6 is 15.9 Å². The number of nitrogens with one attached hydrogen (secondary N) is 2. The Morgan fingerprint density at radius 1 is 1.45 bits per heavy atom. The molecule has 1 aromatic heterocycles. The average Bonchev–Trinajstić information content (AvgIpc) is 2.42. The zero-order valence-electron chi connectivity index (χ0n) is 11.0. The number of rotatable bonds is 4. The fourth-order valence-corrected chi connectivity index (χ4v) is 2.40. The van der Waals surface area contributed by atoms with Gasteiger partial charge in [-0.25, -0.2) is 10.8 Å². The molecule has 0 spiro atoms. The summed E-state index contributed by atoms with van der Waals surface area (Å²) in [6, 6.07) is 5.83. The zero-order valence-corrected chi connectivity index (χ0v) is 12.6. The second kappa shape index (κ2) is 6.06. The van der Waals surface area contributed by atoms with Crippen LogP contribution in [-0.4, -0.2) is 9.97 Å². The van der Waals surface area contributed by atoms with Gasteiger partial charge >= 0.3 is 0 Å². The molecule has 1 aromatic carbocycles. The summed E-state index contributed by atoms with van der Waals surface area (Å²) in [5.74, 6) is 5.96. The third-order valence-electron chi connectivity index (χ3n) is 2.93. The summed E-state index contributed by atoms with van der Waals surface area (Å²) in [6.07, 6.45) is 1.87. The van der Waals surface area contributed by atoms with E-state index >= 15 is 0 Å². The summed E-state index contributed by atoms with van der Waals surface area (Å²) in [5, 5.41) is 0. The first-order valence-electron chi connectivity index (χ1n) is 6.22. The molecule has 1 heterocycles. The Morgan fingerprint density at radius 3 is 2.85 bits per heavy atom. The Balaban J connectivity index is 2.62. The summed E-state index contributed by atoms with van der Waals surface area (Å²) in [4.78, 5) is 18.7. The van der Waals surface area contributed by atoms with Gasteiger partial charge in [-0.1, -0.05) is 29.3 Å². The highest BCUT2D eigenvalue weighted by Crippen LogP contribution is 2.26. The van der Waals surface area contributed by atoms with E-state index in [1.807, 2.05) is 18.2 Å². The predicted molar refractivity (Wildman–Crippen MR) is 84.2 cm³/mol. The molecule has 0 bridgehead atoms. The van der Waals surface area contributed by atoms with E-state index in [2.05, 4.69) is 38.2 Å². The zero-order chi connectivity index (χ0) is 14.7. The smallest absolute Gasteiger partial charge is 0.276 e. The van der Waals surface area contributed by atoms with Gasteiger partial charge < -0.3 is 16.1 Å². The van der Waals surface area contributed by atoms with Crippen molar-refractivity contribution in [2.75, 3.05) is 11.2 Å². The topological polar surface area (TPSA) is 110 Å².